The first-order valence-corrected chi connectivity index (χ1v) is 31.2. The normalized spacial score (nSPS) is 12.5. The van der Waals surface area contributed by atoms with Gasteiger partial charge in [-0.1, -0.05) is 170 Å². The van der Waals surface area contributed by atoms with Crippen molar-refractivity contribution in [3.63, 3.8) is 0 Å². The van der Waals surface area contributed by atoms with E-state index in [4.69, 9.17) is 0 Å². The summed E-state index contributed by atoms with van der Waals surface area (Å²) in [7, 11) is 0. The number of rotatable bonds is 6. The molecule has 6 heterocycles. The van der Waals surface area contributed by atoms with E-state index >= 15 is 26.3 Å². The molecule has 6 aromatic heterocycles. The van der Waals surface area contributed by atoms with Crippen molar-refractivity contribution in [2.24, 2.45) is 0 Å². The van der Waals surface area contributed by atoms with Crippen molar-refractivity contribution in [3.05, 3.63) is 289 Å². The summed E-state index contributed by atoms with van der Waals surface area (Å²) in [6.07, 6.45) is -9.53. The molecule has 0 N–H and O–H groups in total. The van der Waals surface area contributed by atoms with Gasteiger partial charge in [0.2, 0.25) is 0 Å². The van der Waals surface area contributed by atoms with E-state index in [0.29, 0.717) is 49.4 Å². The molecular formula is C82H44F6N8. The summed E-state index contributed by atoms with van der Waals surface area (Å²) >= 11 is 0. The Morgan fingerprint density at radius 3 is 0.833 bits per heavy atom. The van der Waals surface area contributed by atoms with E-state index in [1.807, 2.05) is 153 Å². The molecule has 454 valence electrons. The number of hydrogen-bond donors (Lipinski definition) is 0. The summed E-state index contributed by atoms with van der Waals surface area (Å²) in [6, 6.07) is 87.4. The van der Waals surface area contributed by atoms with Crippen LogP contribution in [0.1, 0.15) is 22.3 Å². The number of benzene rings is 13. The zero-order valence-corrected chi connectivity index (χ0v) is 50.2. The monoisotopic (exact) mass is 1250 g/mol. The smallest absolute Gasteiger partial charge is 0.307 e. The number of fused-ring (bicyclic) bond motifs is 20. The maximum absolute atomic E-state index is 15.3. The fraction of sp³-hybridized carbons (Fsp3) is 0.0244. The highest BCUT2D eigenvalue weighted by atomic mass is 19.4. The van der Waals surface area contributed by atoms with Gasteiger partial charge in [0.05, 0.1) is 100 Å². The third-order valence-electron chi connectivity index (χ3n) is 19.5. The minimum absolute atomic E-state index is 0.00678. The van der Waals surface area contributed by atoms with Crippen LogP contribution in [0.5, 0.6) is 0 Å². The van der Waals surface area contributed by atoms with Crippen LogP contribution in [0.25, 0.3) is 165 Å². The van der Waals surface area contributed by atoms with Crippen LogP contribution >= 0.6 is 0 Å². The van der Waals surface area contributed by atoms with Gasteiger partial charge < -0.3 is 27.4 Å². The van der Waals surface area contributed by atoms with Crippen LogP contribution in [0.2, 0.25) is 0 Å². The van der Waals surface area contributed by atoms with E-state index in [2.05, 4.69) is 74.4 Å². The van der Waals surface area contributed by atoms with Gasteiger partial charge in [-0.25, -0.2) is 0 Å². The zero-order valence-electron chi connectivity index (χ0n) is 50.2. The second-order valence-corrected chi connectivity index (χ2v) is 24.3. The first-order valence-electron chi connectivity index (χ1n) is 31.2. The number of para-hydroxylation sites is 8. The molecule has 0 aliphatic heterocycles. The molecule has 0 unspecified atom stereocenters. The lowest BCUT2D eigenvalue weighted by molar-refractivity contribution is -0.138. The average molecular weight is 1260 g/mol. The van der Waals surface area contributed by atoms with Crippen molar-refractivity contribution in [1.82, 2.24) is 27.4 Å². The van der Waals surface area contributed by atoms with Crippen molar-refractivity contribution < 1.29 is 26.3 Å². The number of hydrogen-bond acceptors (Lipinski definition) is 2. The van der Waals surface area contributed by atoms with E-state index in [1.54, 1.807) is 42.5 Å². The predicted octanol–water partition coefficient (Wildman–Crippen LogP) is 22.1. The molecule has 0 bridgehead atoms. The van der Waals surface area contributed by atoms with Gasteiger partial charge in [0.25, 0.3) is 0 Å². The minimum Gasteiger partial charge on any atom is -0.307 e. The molecule has 0 aliphatic carbocycles. The minimum atomic E-state index is -4.76. The highest BCUT2D eigenvalue weighted by Gasteiger charge is 2.38. The van der Waals surface area contributed by atoms with Crippen molar-refractivity contribution >= 4 is 131 Å². The summed E-state index contributed by atoms with van der Waals surface area (Å²) in [5.41, 5.74) is 7.83. The highest BCUT2D eigenvalue weighted by molar-refractivity contribution is 6.27. The molecule has 19 aromatic rings. The fourth-order valence-electron chi connectivity index (χ4n) is 15.7. The number of nitrogens with zero attached hydrogens (tertiary/aromatic N) is 8. The summed E-state index contributed by atoms with van der Waals surface area (Å²) in [5, 5.41) is 34.4. The number of alkyl halides is 6. The Labute approximate surface area is 540 Å². The molecule has 8 nitrogen and oxygen atoms in total. The molecule has 0 saturated heterocycles. The van der Waals surface area contributed by atoms with Crippen molar-refractivity contribution in [3.8, 4) is 46.3 Å². The fourth-order valence-corrected chi connectivity index (χ4v) is 15.7. The maximum atomic E-state index is 15.3. The molecule has 0 amide bonds. The lowest BCUT2D eigenvalue weighted by Crippen LogP contribution is -2.17. The molecule has 0 aliphatic rings. The zero-order chi connectivity index (χ0) is 64.6. The molecular weight excluding hydrogens is 1210 g/mol. The SMILES string of the molecule is N#Cc1c(-n2c3ccccc3c3cc(C(F)(F)F)ccc32)c(-n2c3ccccc3c3cc(C(F)(F)F)ccc32)c(-n2c3ccccc3c3ccc4c5ccccc5n(-c5ccccc5)c4c32)c(C#N)c1-n1c2ccccc2c2ccc3c4ccccc4n(-c4ccccc4)c3c21. The van der Waals surface area contributed by atoms with Gasteiger partial charge in [-0.3, -0.25) is 0 Å². The van der Waals surface area contributed by atoms with Gasteiger partial charge in [-0.15, -0.1) is 0 Å². The van der Waals surface area contributed by atoms with E-state index in [9.17, 15) is 10.5 Å². The maximum Gasteiger partial charge on any atom is 0.416 e. The first kappa shape index (κ1) is 54.9. The Hall–Kier alpha value is -12.8. The van der Waals surface area contributed by atoms with Crippen LogP contribution in [0.4, 0.5) is 26.3 Å². The summed E-state index contributed by atoms with van der Waals surface area (Å²) in [5.74, 6) is 0. The third-order valence-corrected chi connectivity index (χ3v) is 19.5. The van der Waals surface area contributed by atoms with E-state index in [0.717, 1.165) is 101 Å². The Balaban J connectivity index is 1.15. The lowest BCUT2D eigenvalue weighted by atomic mass is 9.98. The first-order chi connectivity index (χ1) is 46.9. The predicted molar refractivity (Wildman–Crippen MR) is 372 cm³/mol. The average Bonchev–Trinajstić information content (AvgIpc) is 1.48. The van der Waals surface area contributed by atoms with Crippen LogP contribution in [-0.4, -0.2) is 27.4 Å². The quantitative estimate of drug-likeness (QED) is 0.156. The van der Waals surface area contributed by atoms with Crippen LogP contribution in [0.15, 0.2) is 267 Å². The Bertz CT molecular complexity index is 6700. The van der Waals surface area contributed by atoms with Crippen molar-refractivity contribution in [1.29, 1.82) is 10.5 Å². The van der Waals surface area contributed by atoms with Gasteiger partial charge in [0.15, 0.2) is 0 Å². The third kappa shape index (κ3) is 7.43. The van der Waals surface area contributed by atoms with Crippen LogP contribution in [-0.2, 0) is 12.4 Å². The molecule has 0 fully saturated rings. The Morgan fingerprint density at radius 2 is 0.490 bits per heavy atom. The lowest BCUT2D eigenvalue weighted by Gasteiger charge is -2.27. The largest absolute Gasteiger partial charge is 0.416 e. The van der Waals surface area contributed by atoms with Crippen LogP contribution in [0.3, 0.4) is 0 Å². The van der Waals surface area contributed by atoms with Crippen molar-refractivity contribution in [2.75, 3.05) is 0 Å². The number of aromatic nitrogens is 6. The molecule has 0 radical (unpaired) electrons. The van der Waals surface area contributed by atoms with Crippen LogP contribution < -0.4 is 0 Å². The summed E-state index contributed by atoms with van der Waals surface area (Å²) in [4.78, 5) is 0. The van der Waals surface area contributed by atoms with E-state index in [1.165, 1.54) is 12.1 Å². The summed E-state index contributed by atoms with van der Waals surface area (Å²) in [6.45, 7) is 0. The Kier molecular flexibility index (Phi) is 11.4. The van der Waals surface area contributed by atoms with E-state index in [-0.39, 0.29) is 50.2 Å². The molecule has 13 aromatic carbocycles. The molecule has 0 spiro atoms. The van der Waals surface area contributed by atoms with Crippen molar-refractivity contribution in [2.45, 2.75) is 12.4 Å². The highest BCUT2D eigenvalue weighted by Crippen LogP contribution is 2.52. The van der Waals surface area contributed by atoms with Gasteiger partial charge in [-0.2, -0.15) is 36.9 Å². The molecule has 14 heteroatoms. The van der Waals surface area contributed by atoms with Gasteiger partial charge in [0, 0.05) is 76.0 Å². The van der Waals surface area contributed by atoms with E-state index < -0.39 is 23.5 Å². The molecule has 96 heavy (non-hydrogen) atoms. The number of nitriles is 2. The molecule has 19 rings (SSSR count). The van der Waals surface area contributed by atoms with Gasteiger partial charge >= 0.3 is 12.4 Å². The Morgan fingerprint density at radius 1 is 0.229 bits per heavy atom. The topological polar surface area (TPSA) is 77.2 Å². The second-order valence-electron chi connectivity index (χ2n) is 24.3. The molecule has 0 atom stereocenters. The van der Waals surface area contributed by atoms with Gasteiger partial charge in [0.1, 0.15) is 23.3 Å². The standard InChI is InChI=1S/C82H44F6N8/c83-81(84,85)47-35-41-71-61(43-47)55-27-11-15-31-67(55)93(71)78-63(45-89)73(95-69-33-17-9-25-53(69)59-39-37-57-51-23-7-13-29-65(51)91(74(57)76(59)95)49-19-3-1-4-20-49)64(46-90)79(80(78)94-68-32-16-12-28-56(68)62-44-48(82(86,87)88)36-42-72(62)94)96-70-34-18-10-26-54(70)60-40-38-58-52-24-8-14-30-66(52)92(75(58)77(60)96)50-21-5-2-6-22-50/h1-44H. The number of halogens is 6. The summed E-state index contributed by atoms with van der Waals surface area (Å²) < 4.78 is 104. The van der Waals surface area contributed by atoms with Gasteiger partial charge in [-0.05, 0) is 97.1 Å². The molecule has 0 saturated carbocycles. The second kappa shape index (κ2) is 19.9. The van der Waals surface area contributed by atoms with Crippen LogP contribution in [0, 0.1) is 22.7 Å².